The highest BCUT2D eigenvalue weighted by Crippen LogP contribution is 2.27. The summed E-state index contributed by atoms with van der Waals surface area (Å²) in [7, 11) is 0. The van der Waals surface area contributed by atoms with Gasteiger partial charge in [0.1, 0.15) is 17.3 Å². The van der Waals surface area contributed by atoms with Crippen molar-refractivity contribution in [3.05, 3.63) is 76.0 Å². The molecule has 0 spiro atoms. The van der Waals surface area contributed by atoms with Crippen LogP contribution >= 0.6 is 23.2 Å². The largest absolute Gasteiger partial charge is 0.323 e. The third-order valence-corrected chi connectivity index (χ3v) is 3.85. The minimum absolute atomic E-state index is 0.0235. The number of para-hydroxylation sites is 1. The Bertz CT molecular complexity index is 947. The molecule has 2 N–H and O–H groups in total. The lowest BCUT2D eigenvalue weighted by Crippen LogP contribution is -2.15. The van der Waals surface area contributed by atoms with Crippen LogP contribution in [0.25, 0.3) is 0 Å². The predicted molar refractivity (Wildman–Crippen MR) is 96.1 cm³/mol. The Morgan fingerprint density at radius 2 is 1.65 bits per heavy atom. The van der Waals surface area contributed by atoms with Crippen LogP contribution in [0.3, 0.4) is 0 Å². The van der Waals surface area contributed by atoms with Gasteiger partial charge in [0, 0.05) is 17.4 Å². The molecule has 0 atom stereocenters. The summed E-state index contributed by atoms with van der Waals surface area (Å²) in [5.74, 6) is -2.34. The van der Waals surface area contributed by atoms with Gasteiger partial charge in [-0.3, -0.25) is 4.79 Å². The number of rotatable bonds is 4. The number of halogens is 4. The first kappa shape index (κ1) is 18.0. The van der Waals surface area contributed by atoms with Crippen LogP contribution in [-0.4, -0.2) is 15.9 Å². The Morgan fingerprint density at radius 1 is 1.00 bits per heavy atom. The number of hydrogen-bond acceptors (Lipinski definition) is 4. The normalized spacial score (nSPS) is 10.5. The minimum Gasteiger partial charge on any atom is -0.323 e. The van der Waals surface area contributed by atoms with Crippen LogP contribution in [-0.2, 0) is 0 Å². The average molecular weight is 395 g/mol. The smallest absolute Gasteiger partial charge is 0.258 e. The molecule has 1 aromatic heterocycles. The summed E-state index contributed by atoms with van der Waals surface area (Å²) < 4.78 is 27.2. The molecular formula is C17H10Cl2F2N4O. The van der Waals surface area contributed by atoms with Gasteiger partial charge in [0.25, 0.3) is 5.91 Å². The van der Waals surface area contributed by atoms with Crippen molar-refractivity contribution < 1.29 is 13.6 Å². The van der Waals surface area contributed by atoms with Crippen LogP contribution in [0.4, 0.5) is 26.1 Å². The molecule has 1 heterocycles. The molecule has 0 saturated carbocycles. The molecule has 5 nitrogen and oxygen atoms in total. The average Bonchev–Trinajstić information content (AvgIpc) is 2.62. The highest BCUT2D eigenvalue weighted by atomic mass is 35.5. The molecule has 0 saturated heterocycles. The minimum atomic E-state index is -0.881. The molecule has 1 amide bonds. The molecule has 0 bridgehead atoms. The van der Waals surface area contributed by atoms with Crippen LogP contribution in [0.2, 0.25) is 10.0 Å². The number of nitrogens with zero attached hydrogens (tertiary/aromatic N) is 2. The monoisotopic (exact) mass is 394 g/mol. The molecular weight excluding hydrogens is 385 g/mol. The van der Waals surface area contributed by atoms with E-state index in [0.717, 1.165) is 12.1 Å². The molecule has 0 unspecified atom stereocenters. The van der Waals surface area contributed by atoms with E-state index in [2.05, 4.69) is 20.6 Å². The second-order valence-corrected chi connectivity index (χ2v) is 5.94. The first-order valence-electron chi connectivity index (χ1n) is 7.23. The van der Waals surface area contributed by atoms with E-state index < -0.39 is 23.2 Å². The molecule has 2 aromatic carbocycles. The summed E-state index contributed by atoms with van der Waals surface area (Å²) in [6, 6.07) is 8.11. The molecule has 0 aliphatic rings. The summed E-state index contributed by atoms with van der Waals surface area (Å²) in [6.07, 6.45) is 2.42. The van der Waals surface area contributed by atoms with Crippen molar-refractivity contribution in [2.75, 3.05) is 10.6 Å². The van der Waals surface area contributed by atoms with Gasteiger partial charge < -0.3 is 10.6 Å². The van der Waals surface area contributed by atoms with E-state index in [1.165, 1.54) is 18.5 Å². The molecule has 3 aromatic rings. The van der Waals surface area contributed by atoms with Crippen LogP contribution < -0.4 is 10.6 Å². The Hall–Kier alpha value is -2.77. The van der Waals surface area contributed by atoms with Gasteiger partial charge in [-0.2, -0.15) is 0 Å². The van der Waals surface area contributed by atoms with Crippen molar-refractivity contribution >= 4 is 46.4 Å². The zero-order chi connectivity index (χ0) is 18.7. The topological polar surface area (TPSA) is 66.9 Å². The van der Waals surface area contributed by atoms with E-state index in [4.69, 9.17) is 23.2 Å². The number of aromatic nitrogens is 2. The zero-order valence-corrected chi connectivity index (χ0v) is 14.4. The summed E-state index contributed by atoms with van der Waals surface area (Å²) in [4.78, 5) is 20.1. The summed E-state index contributed by atoms with van der Waals surface area (Å²) >= 11 is 11.9. The van der Waals surface area contributed by atoms with Gasteiger partial charge in [0.05, 0.1) is 16.3 Å². The fourth-order valence-corrected chi connectivity index (χ4v) is 2.36. The van der Waals surface area contributed by atoms with Crippen molar-refractivity contribution in [2.24, 2.45) is 0 Å². The van der Waals surface area contributed by atoms with Gasteiger partial charge in [-0.05, 0) is 30.3 Å². The van der Waals surface area contributed by atoms with E-state index in [1.807, 2.05) is 0 Å². The van der Waals surface area contributed by atoms with Crippen molar-refractivity contribution in [3.8, 4) is 0 Å². The van der Waals surface area contributed by atoms with Crippen molar-refractivity contribution in [1.29, 1.82) is 0 Å². The van der Waals surface area contributed by atoms with E-state index in [1.54, 1.807) is 18.2 Å². The molecule has 0 aliphatic heterocycles. The van der Waals surface area contributed by atoms with Gasteiger partial charge in [-0.1, -0.05) is 29.3 Å². The zero-order valence-electron chi connectivity index (χ0n) is 12.9. The third-order valence-electron chi connectivity index (χ3n) is 3.29. The van der Waals surface area contributed by atoms with Gasteiger partial charge in [-0.15, -0.1) is 0 Å². The molecule has 0 aliphatic carbocycles. The fourth-order valence-electron chi connectivity index (χ4n) is 2.03. The lowest BCUT2D eigenvalue weighted by molar-refractivity contribution is 0.102. The highest BCUT2D eigenvalue weighted by Gasteiger charge is 2.14. The molecule has 3 rings (SSSR count). The number of anilines is 3. The van der Waals surface area contributed by atoms with Gasteiger partial charge >= 0.3 is 0 Å². The van der Waals surface area contributed by atoms with Crippen LogP contribution in [0.1, 0.15) is 10.4 Å². The maximum absolute atomic E-state index is 13.6. The number of amides is 1. The summed E-state index contributed by atoms with van der Waals surface area (Å²) in [5.41, 5.74) is -0.0226. The number of benzene rings is 2. The van der Waals surface area contributed by atoms with Crippen molar-refractivity contribution in [2.45, 2.75) is 0 Å². The standard InChI is InChI=1S/C17H10Cl2F2N4O/c18-10-4-5-11(19)14(6-10)24-17-22-7-9(8-23-17)16(26)25-15-12(20)2-1-3-13(15)21/h1-8H,(H,25,26)(H,22,23,24). The summed E-state index contributed by atoms with van der Waals surface area (Å²) in [5, 5.41) is 5.89. The van der Waals surface area contributed by atoms with E-state index in [9.17, 15) is 13.6 Å². The lowest BCUT2D eigenvalue weighted by Gasteiger charge is -2.09. The second-order valence-electron chi connectivity index (χ2n) is 5.10. The van der Waals surface area contributed by atoms with Gasteiger partial charge in [-0.25, -0.2) is 18.7 Å². The number of hydrogen-bond donors (Lipinski definition) is 2. The maximum Gasteiger partial charge on any atom is 0.258 e. The van der Waals surface area contributed by atoms with E-state index in [0.29, 0.717) is 15.7 Å². The quantitative estimate of drug-likeness (QED) is 0.648. The number of carbonyl (C=O) groups excluding carboxylic acids is 1. The predicted octanol–water partition coefficient (Wildman–Crippen LogP) is 5.06. The maximum atomic E-state index is 13.6. The molecule has 0 fully saturated rings. The Balaban J connectivity index is 1.75. The SMILES string of the molecule is O=C(Nc1c(F)cccc1F)c1cnc(Nc2cc(Cl)ccc2Cl)nc1. The lowest BCUT2D eigenvalue weighted by atomic mass is 10.2. The van der Waals surface area contributed by atoms with Gasteiger partial charge in [0.15, 0.2) is 0 Å². The van der Waals surface area contributed by atoms with Crippen LogP contribution in [0.5, 0.6) is 0 Å². The van der Waals surface area contributed by atoms with Crippen LogP contribution in [0.15, 0.2) is 48.8 Å². The van der Waals surface area contributed by atoms with E-state index >= 15 is 0 Å². The third kappa shape index (κ3) is 4.07. The van der Waals surface area contributed by atoms with Crippen LogP contribution in [0, 0.1) is 11.6 Å². The van der Waals surface area contributed by atoms with Crippen molar-refractivity contribution in [1.82, 2.24) is 9.97 Å². The van der Waals surface area contributed by atoms with Gasteiger partial charge in [0.2, 0.25) is 5.95 Å². The highest BCUT2D eigenvalue weighted by molar-refractivity contribution is 6.35. The number of carbonyl (C=O) groups is 1. The first-order chi connectivity index (χ1) is 12.4. The Kier molecular flexibility index (Phi) is 5.29. The summed E-state index contributed by atoms with van der Waals surface area (Å²) in [6.45, 7) is 0. The Labute approximate surface area is 157 Å². The molecule has 26 heavy (non-hydrogen) atoms. The van der Waals surface area contributed by atoms with Crippen molar-refractivity contribution in [3.63, 3.8) is 0 Å². The van der Waals surface area contributed by atoms with E-state index in [-0.39, 0.29) is 11.5 Å². The molecule has 9 heteroatoms. The Morgan fingerprint density at radius 3 is 2.31 bits per heavy atom. The fraction of sp³-hybridized carbons (Fsp3) is 0. The first-order valence-corrected chi connectivity index (χ1v) is 7.99. The molecule has 0 radical (unpaired) electrons. The second kappa shape index (κ2) is 7.63. The molecule has 132 valence electrons. The number of nitrogens with one attached hydrogen (secondary N) is 2.